The lowest BCUT2D eigenvalue weighted by Gasteiger charge is -2.09. The normalized spacial score (nSPS) is 10.5. The molecule has 0 aliphatic carbocycles. The fourth-order valence-corrected chi connectivity index (χ4v) is 2.52. The van der Waals surface area contributed by atoms with Crippen LogP contribution in [0.4, 0.5) is 5.69 Å². The monoisotopic (exact) mass is 389 g/mol. The second-order valence-electron chi connectivity index (χ2n) is 4.65. The van der Waals surface area contributed by atoms with Crippen LogP contribution in [0.25, 0.3) is 10.8 Å². The molecule has 0 fully saturated rings. The number of hydrogen-bond acceptors (Lipinski definition) is 2. The summed E-state index contributed by atoms with van der Waals surface area (Å²) in [5.74, 6) is -0.126. The Kier molecular flexibility index (Phi) is 3.79. The molecule has 3 aromatic carbocycles. The lowest BCUT2D eigenvalue weighted by molar-refractivity contribution is 0.102. The maximum Gasteiger partial charge on any atom is 0.255 e. The minimum Gasteiger partial charge on any atom is -0.507 e. The van der Waals surface area contributed by atoms with Crippen molar-refractivity contribution in [3.8, 4) is 5.75 Å². The molecule has 0 aliphatic rings. The first-order valence-corrected chi connectivity index (χ1v) is 7.50. The highest BCUT2D eigenvalue weighted by molar-refractivity contribution is 14.1. The number of carbonyl (C=O) groups is 1. The molecule has 1 amide bonds. The van der Waals surface area contributed by atoms with Crippen LogP contribution in [-0.4, -0.2) is 11.0 Å². The molecule has 0 saturated heterocycles. The Morgan fingerprint density at radius 2 is 1.76 bits per heavy atom. The minimum atomic E-state index is -0.238. The van der Waals surface area contributed by atoms with Gasteiger partial charge in [-0.1, -0.05) is 36.4 Å². The Morgan fingerprint density at radius 3 is 2.57 bits per heavy atom. The lowest BCUT2D eigenvalue weighted by atomic mass is 10.1. The van der Waals surface area contributed by atoms with Gasteiger partial charge in [-0.2, -0.15) is 0 Å². The van der Waals surface area contributed by atoms with Gasteiger partial charge in [-0.15, -0.1) is 0 Å². The predicted octanol–water partition coefficient (Wildman–Crippen LogP) is 4.40. The van der Waals surface area contributed by atoms with Gasteiger partial charge in [0.25, 0.3) is 5.91 Å². The summed E-state index contributed by atoms with van der Waals surface area (Å²) in [6.07, 6.45) is 0. The van der Waals surface area contributed by atoms with E-state index in [1.165, 1.54) is 6.07 Å². The van der Waals surface area contributed by atoms with Crippen LogP contribution in [0.2, 0.25) is 0 Å². The van der Waals surface area contributed by atoms with E-state index in [0.29, 0.717) is 9.13 Å². The summed E-state index contributed by atoms with van der Waals surface area (Å²) < 4.78 is 0.717. The molecule has 3 aromatic rings. The van der Waals surface area contributed by atoms with Gasteiger partial charge in [-0.05, 0) is 52.2 Å². The summed E-state index contributed by atoms with van der Waals surface area (Å²) in [4.78, 5) is 12.3. The van der Waals surface area contributed by atoms with Gasteiger partial charge < -0.3 is 10.4 Å². The molecule has 4 heteroatoms. The molecule has 2 N–H and O–H groups in total. The molecule has 0 atom stereocenters. The zero-order chi connectivity index (χ0) is 14.8. The quantitative estimate of drug-likeness (QED) is 0.639. The summed E-state index contributed by atoms with van der Waals surface area (Å²) in [6, 6.07) is 18.5. The molecular weight excluding hydrogens is 377 g/mol. The van der Waals surface area contributed by atoms with Crippen molar-refractivity contribution in [2.45, 2.75) is 0 Å². The van der Waals surface area contributed by atoms with Crippen LogP contribution in [0.15, 0.2) is 60.7 Å². The summed E-state index contributed by atoms with van der Waals surface area (Å²) >= 11 is 2.02. The average Bonchev–Trinajstić information content (AvgIpc) is 2.50. The number of nitrogens with one attached hydrogen (secondary N) is 1. The number of hydrogen-bond donors (Lipinski definition) is 2. The van der Waals surface area contributed by atoms with Crippen molar-refractivity contribution in [3.63, 3.8) is 0 Å². The molecule has 0 radical (unpaired) electrons. The number of halogens is 1. The highest BCUT2D eigenvalue weighted by Gasteiger charge is 2.10. The SMILES string of the molecule is O=C(Nc1cccc2ccccc12)c1ccc(I)c(O)c1. The van der Waals surface area contributed by atoms with Crippen molar-refractivity contribution in [3.05, 3.63) is 69.8 Å². The van der Waals surface area contributed by atoms with Gasteiger partial charge in [-0.3, -0.25) is 4.79 Å². The van der Waals surface area contributed by atoms with E-state index < -0.39 is 0 Å². The van der Waals surface area contributed by atoms with E-state index in [4.69, 9.17) is 0 Å². The van der Waals surface area contributed by atoms with Crippen LogP contribution in [-0.2, 0) is 0 Å². The summed E-state index contributed by atoms with van der Waals surface area (Å²) in [7, 11) is 0. The van der Waals surface area contributed by atoms with Crippen molar-refractivity contribution in [2.24, 2.45) is 0 Å². The second-order valence-corrected chi connectivity index (χ2v) is 5.81. The molecule has 0 aliphatic heterocycles. The van der Waals surface area contributed by atoms with Crippen LogP contribution in [0.3, 0.4) is 0 Å². The van der Waals surface area contributed by atoms with Crippen LogP contribution in [0.1, 0.15) is 10.4 Å². The summed E-state index contributed by atoms with van der Waals surface area (Å²) in [5.41, 5.74) is 1.19. The first-order chi connectivity index (χ1) is 10.1. The van der Waals surface area contributed by atoms with E-state index in [1.807, 2.05) is 65.1 Å². The van der Waals surface area contributed by atoms with Gasteiger partial charge in [0.15, 0.2) is 0 Å². The van der Waals surface area contributed by atoms with Gasteiger partial charge in [0.1, 0.15) is 5.75 Å². The molecular formula is C17H12INO2. The number of aromatic hydroxyl groups is 1. The van der Waals surface area contributed by atoms with Crippen LogP contribution in [0, 0.1) is 3.57 Å². The molecule has 104 valence electrons. The molecule has 0 saturated carbocycles. The van der Waals surface area contributed by atoms with E-state index in [-0.39, 0.29) is 11.7 Å². The first-order valence-electron chi connectivity index (χ1n) is 6.43. The second kappa shape index (κ2) is 5.73. The van der Waals surface area contributed by atoms with Gasteiger partial charge in [0, 0.05) is 16.6 Å². The number of phenols is 1. The predicted molar refractivity (Wildman–Crippen MR) is 92.7 cm³/mol. The fraction of sp³-hybridized carbons (Fsp3) is 0. The topological polar surface area (TPSA) is 49.3 Å². The Labute approximate surface area is 135 Å². The van der Waals surface area contributed by atoms with E-state index >= 15 is 0 Å². The summed E-state index contributed by atoms with van der Waals surface area (Å²) in [6.45, 7) is 0. The molecule has 0 unspecified atom stereocenters. The number of amides is 1. The van der Waals surface area contributed by atoms with Crippen molar-refractivity contribution in [1.29, 1.82) is 0 Å². The number of fused-ring (bicyclic) bond motifs is 1. The largest absolute Gasteiger partial charge is 0.507 e. The number of rotatable bonds is 2. The zero-order valence-electron chi connectivity index (χ0n) is 11.0. The maximum absolute atomic E-state index is 12.3. The fourth-order valence-electron chi connectivity index (χ4n) is 2.18. The third-order valence-corrected chi connectivity index (χ3v) is 4.16. The summed E-state index contributed by atoms with van der Waals surface area (Å²) in [5, 5.41) is 14.7. The lowest BCUT2D eigenvalue weighted by Crippen LogP contribution is -2.12. The van der Waals surface area contributed by atoms with Crippen LogP contribution < -0.4 is 5.32 Å². The van der Waals surface area contributed by atoms with Crippen molar-refractivity contribution >= 4 is 45.0 Å². The number of anilines is 1. The third kappa shape index (κ3) is 2.85. The third-order valence-electron chi connectivity index (χ3n) is 3.25. The average molecular weight is 389 g/mol. The van der Waals surface area contributed by atoms with Crippen LogP contribution >= 0.6 is 22.6 Å². The molecule has 0 aromatic heterocycles. The Bertz CT molecular complexity index is 825. The Hall–Kier alpha value is -2.08. The highest BCUT2D eigenvalue weighted by Crippen LogP contribution is 2.25. The highest BCUT2D eigenvalue weighted by atomic mass is 127. The van der Waals surface area contributed by atoms with Gasteiger partial charge >= 0.3 is 0 Å². The van der Waals surface area contributed by atoms with E-state index in [1.54, 1.807) is 12.1 Å². The maximum atomic E-state index is 12.3. The van der Waals surface area contributed by atoms with E-state index in [9.17, 15) is 9.90 Å². The van der Waals surface area contributed by atoms with Gasteiger partial charge in [0.05, 0.1) is 3.57 Å². The van der Waals surface area contributed by atoms with E-state index in [0.717, 1.165) is 16.5 Å². The number of benzene rings is 3. The van der Waals surface area contributed by atoms with Crippen molar-refractivity contribution < 1.29 is 9.90 Å². The minimum absolute atomic E-state index is 0.112. The van der Waals surface area contributed by atoms with E-state index in [2.05, 4.69) is 5.32 Å². The molecule has 21 heavy (non-hydrogen) atoms. The first kappa shape index (κ1) is 13.9. The molecule has 3 nitrogen and oxygen atoms in total. The molecule has 0 bridgehead atoms. The smallest absolute Gasteiger partial charge is 0.255 e. The van der Waals surface area contributed by atoms with Crippen LogP contribution in [0.5, 0.6) is 5.75 Å². The van der Waals surface area contributed by atoms with Gasteiger partial charge in [-0.25, -0.2) is 0 Å². The number of carbonyl (C=O) groups excluding carboxylic acids is 1. The van der Waals surface area contributed by atoms with Crippen molar-refractivity contribution in [2.75, 3.05) is 5.32 Å². The van der Waals surface area contributed by atoms with Crippen molar-refractivity contribution in [1.82, 2.24) is 0 Å². The Morgan fingerprint density at radius 1 is 1.00 bits per heavy atom. The molecule has 0 heterocycles. The van der Waals surface area contributed by atoms with Gasteiger partial charge in [0.2, 0.25) is 0 Å². The molecule has 3 rings (SSSR count). The standard InChI is InChI=1S/C17H12INO2/c18-14-9-8-12(10-16(14)20)17(21)19-15-7-3-5-11-4-1-2-6-13(11)15/h1-10,20H,(H,19,21). The molecule has 0 spiro atoms. The number of phenolic OH excluding ortho intramolecular Hbond substituents is 1. The Balaban J connectivity index is 1.94. The zero-order valence-corrected chi connectivity index (χ0v) is 13.2.